The molecule has 2 aromatic heterocycles. The van der Waals surface area contributed by atoms with Crippen molar-refractivity contribution in [3.05, 3.63) is 73.0 Å². The van der Waals surface area contributed by atoms with Crippen LogP contribution in [0.2, 0.25) is 0 Å². The van der Waals surface area contributed by atoms with E-state index in [0.717, 1.165) is 0 Å². The minimum atomic E-state index is -0.471. The van der Waals surface area contributed by atoms with Crippen molar-refractivity contribution in [3.63, 3.8) is 0 Å². The van der Waals surface area contributed by atoms with E-state index in [4.69, 9.17) is 9.47 Å². The van der Waals surface area contributed by atoms with E-state index in [1.54, 1.807) is 43.5 Å². The maximum Gasteiger partial charge on any atom is 0.291 e. The molecule has 29 heavy (non-hydrogen) atoms. The quantitative estimate of drug-likeness (QED) is 0.367. The molecule has 4 aromatic rings. The van der Waals surface area contributed by atoms with Gasteiger partial charge in [-0.3, -0.25) is 14.9 Å². The number of fused-ring (bicyclic) bond motifs is 1. The first-order chi connectivity index (χ1) is 14.0. The van der Waals surface area contributed by atoms with Crippen LogP contribution in [0.4, 0.5) is 5.69 Å². The van der Waals surface area contributed by atoms with Gasteiger partial charge in [0, 0.05) is 17.7 Å². The highest BCUT2D eigenvalue weighted by Gasteiger charge is 2.14. The number of ether oxygens (including phenoxy) is 2. The van der Waals surface area contributed by atoms with Crippen LogP contribution in [-0.4, -0.2) is 33.7 Å². The van der Waals surface area contributed by atoms with Crippen molar-refractivity contribution in [2.75, 3.05) is 14.2 Å². The Morgan fingerprint density at radius 3 is 2.45 bits per heavy atom. The van der Waals surface area contributed by atoms with Crippen LogP contribution in [0.1, 0.15) is 5.56 Å². The zero-order valence-electron chi connectivity index (χ0n) is 15.4. The second-order valence-electron chi connectivity index (χ2n) is 5.96. The number of thiazole rings is 1. The molecule has 0 saturated carbocycles. The van der Waals surface area contributed by atoms with Crippen LogP contribution >= 0.6 is 11.3 Å². The van der Waals surface area contributed by atoms with Crippen molar-refractivity contribution in [1.29, 1.82) is 0 Å². The van der Waals surface area contributed by atoms with Gasteiger partial charge in [-0.1, -0.05) is 11.3 Å². The van der Waals surface area contributed by atoms with Crippen LogP contribution in [-0.2, 0) is 0 Å². The van der Waals surface area contributed by atoms with Gasteiger partial charge in [0.25, 0.3) is 11.2 Å². The molecule has 2 aromatic carbocycles. The molecule has 0 aliphatic rings. The Hall–Kier alpha value is -3.79. The van der Waals surface area contributed by atoms with Crippen molar-refractivity contribution >= 4 is 28.1 Å². The van der Waals surface area contributed by atoms with Crippen LogP contribution in [0.25, 0.3) is 22.4 Å². The lowest BCUT2D eigenvalue weighted by Gasteiger charge is -2.07. The lowest BCUT2D eigenvalue weighted by molar-refractivity contribution is -0.384. The van der Waals surface area contributed by atoms with Gasteiger partial charge in [-0.15, -0.1) is 5.10 Å². The average Bonchev–Trinajstić information content (AvgIpc) is 3.27. The summed E-state index contributed by atoms with van der Waals surface area (Å²) in [4.78, 5) is 27.8. The largest absolute Gasteiger partial charge is 0.493 e. The standard InChI is InChI=1S/C19H14N4O5S/c1-27-14-8-5-12(10-15(14)28-2)17-20-19-22(21-17)18(24)16(29-19)9-11-3-6-13(7-4-11)23(25)26/h3-10H,1-2H3. The highest BCUT2D eigenvalue weighted by molar-refractivity contribution is 7.15. The Bertz CT molecular complexity index is 1330. The number of nitro groups is 1. The summed E-state index contributed by atoms with van der Waals surface area (Å²) in [5.41, 5.74) is 1.06. The fourth-order valence-electron chi connectivity index (χ4n) is 2.77. The molecule has 0 aliphatic heterocycles. The minimum Gasteiger partial charge on any atom is -0.493 e. The summed E-state index contributed by atoms with van der Waals surface area (Å²) in [5.74, 6) is 1.52. The Labute approximate surface area is 167 Å². The van der Waals surface area contributed by atoms with E-state index < -0.39 is 4.92 Å². The van der Waals surface area contributed by atoms with Gasteiger partial charge in [-0.05, 0) is 42.0 Å². The highest BCUT2D eigenvalue weighted by Crippen LogP contribution is 2.31. The van der Waals surface area contributed by atoms with Gasteiger partial charge in [0.2, 0.25) is 4.96 Å². The predicted octanol–water partition coefficient (Wildman–Crippen LogP) is 2.29. The van der Waals surface area contributed by atoms with Crippen molar-refractivity contribution in [3.8, 4) is 22.9 Å². The number of nitrogens with zero attached hydrogens (tertiary/aromatic N) is 4. The molecular weight excluding hydrogens is 396 g/mol. The second kappa shape index (κ2) is 7.32. The highest BCUT2D eigenvalue weighted by atomic mass is 32.1. The fraction of sp³-hybridized carbons (Fsp3) is 0.105. The molecule has 0 unspecified atom stereocenters. The van der Waals surface area contributed by atoms with Gasteiger partial charge < -0.3 is 9.47 Å². The molecule has 0 N–H and O–H groups in total. The van der Waals surface area contributed by atoms with E-state index in [2.05, 4.69) is 10.1 Å². The summed E-state index contributed by atoms with van der Waals surface area (Å²) in [6.45, 7) is 0. The van der Waals surface area contributed by atoms with Gasteiger partial charge >= 0.3 is 0 Å². The first-order valence-corrected chi connectivity index (χ1v) is 9.20. The normalized spacial score (nSPS) is 11.7. The number of nitro benzene ring substituents is 1. The summed E-state index contributed by atoms with van der Waals surface area (Å²) < 4.78 is 12.2. The van der Waals surface area contributed by atoms with Gasteiger partial charge in [-0.2, -0.15) is 9.50 Å². The number of non-ortho nitro benzene ring substituents is 1. The van der Waals surface area contributed by atoms with Crippen molar-refractivity contribution in [1.82, 2.24) is 14.6 Å². The number of aromatic nitrogens is 3. The molecule has 0 bridgehead atoms. The molecule has 4 rings (SSSR count). The Kier molecular flexibility index (Phi) is 4.69. The molecule has 9 nitrogen and oxygen atoms in total. The van der Waals surface area contributed by atoms with E-state index in [-0.39, 0.29) is 11.2 Å². The predicted molar refractivity (Wildman–Crippen MR) is 108 cm³/mol. The van der Waals surface area contributed by atoms with Gasteiger partial charge in [0.05, 0.1) is 23.7 Å². The number of hydrogen-bond acceptors (Lipinski definition) is 8. The number of methoxy groups -OCH3 is 2. The first-order valence-electron chi connectivity index (χ1n) is 8.38. The summed E-state index contributed by atoms with van der Waals surface area (Å²) in [5, 5.41) is 15.1. The SMILES string of the molecule is COc1ccc(-c2nc3sc(=Cc4ccc([N+](=O)[O-])cc4)c(=O)n3n2)cc1OC. The topological polar surface area (TPSA) is 109 Å². The average molecular weight is 410 g/mol. The molecule has 0 atom stereocenters. The third-order valence-electron chi connectivity index (χ3n) is 4.23. The summed E-state index contributed by atoms with van der Waals surface area (Å²) >= 11 is 1.19. The number of hydrogen-bond donors (Lipinski definition) is 0. The van der Waals surface area contributed by atoms with E-state index in [0.29, 0.717) is 37.9 Å². The third kappa shape index (κ3) is 3.41. The van der Waals surface area contributed by atoms with Crippen molar-refractivity contribution in [2.45, 2.75) is 0 Å². The molecule has 0 fully saturated rings. The van der Waals surface area contributed by atoms with E-state index >= 15 is 0 Å². The zero-order chi connectivity index (χ0) is 20.5. The van der Waals surface area contributed by atoms with Crippen molar-refractivity contribution in [2.24, 2.45) is 0 Å². The van der Waals surface area contributed by atoms with E-state index in [1.165, 1.54) is 35.1 Å². The first kappa shape index (κ1) is 18.6. The fourth-order valence-corrected chi connectivity index (χ4v) is 3.68. The van der Waals surface area contributed by atoms with Gasteiger partial charge in [0.1, 0.15) is 0 Å². The third-order valence-corrected chi connectivity index (χ3v) is 5.18. The molecule has 0 radical (unpaired) electrons. The minimum absolute atomic E-state index is 0.00768. The molecule has 0 spiro atoms. The molecule has 10 heteroatoms. The number of rotatable bonds is 5. The molecule has 0 aliphatic carbocycles. The molecular formula is C19H14N4O5S. The van der Waals surface area contributed by atoms with E-state index in [9.17, 15) is 14.9 Å². The molecule has 0 saturated heterocycles. The molecule has 2 heterocycles. The smallest absolute Gasteiger partial charge is 0.291 e. The van der Waals surface area contributed by atoms with Gasteiger partial charge in [-0.25, -0.2) is 0 Å². The van der Waals surface area contributed by atoms with E-state index in [1.807, 2.05) is 0 Å². The summed E-state index contributed by atoms with van der Waals surface area (Å²) in [6, 6.07) is 11.2. The van der Waals surface area contributed by atoms with Crippen LogP contribution in [0, 0.1) is 10.1 Å². The lowest BCUT2D eigenvalue weighted by atomic mass is 10.2. The Balaban J connectivity index is 1.73. The molecule has 146 valence electrons. The maximum absolute atomic E-state index is 12.7. The van der Waals surface area contributed by atoms with Crippen LogP contribution in [0.15, 0.2) is 47.3 Å². The van der Waals surface area contributed by atoms with Crippen LogP contribution in [0.3, 0.4) is 0 Å². The van der Waals surface area contributed by atoms with Crippen LogP contribution < -0.4 is 19.6 Å². The second-order valence-corrected chi connectivity index (χ2v) is 6.97. The Morgan fingerprint density at radius 2 is 1.83 bits per heavy atom. The lowest BCUT2D eigenvalue weighted by Crippen LogP contribution is -2.23. The van der Waals surface area contributed by atoms with Crippen LogP contribution in [0.5, 0.6) is 11.5 Å². The van der Waals surface area contributed by atoms with Gasteiger partial charge in [0.15, 0.2) is 17.3 Å². The maximum atomic E-state index is 12.7. The summed E-state index contributed by atoms with van der Waals surface area (Å²) in [7, 11) is 3.09. The Morgan fingerprint density at radius 1 is 1.10 bits per heavy atom. The number of benzene rings is 2. The zero-order valence-corrected chi connectivity index (χ0v) is 16.2. The van der Waals surface area contributed by atoms with Crippen molar-refractivity contribution < 1.29 is 14.4 Å². The summed E-state index contributed by atoms with van der Waals surface area (Å²) in [6.07, 6.45) is 1.66. The molecule has 0 amide bonds. The monoisotopic (exact) mass is 410 g/mol.